The van der Waals surface area contributed by atoms with Gasteiger partial charge in [-0.25, -0.2) is 9.97 Å². The summed E-state index contributed by atoms with van der Waals surface area (Å²) in [5.41, 5.74) is 3.63. The van der Waals surface area contributed by atoms with E-state index < -0.39 is 0 Å². The molecule has 2 aromatic carbocycles. The summed E-state index contributed by atoms with van der Waals surface area (Å²) < 4.78 is 10.3. The van der Waals surface area contributed by atoms with Crippen molar-refractivity contribution in [1.29, 1.82) is 0 Å². The molecule has 1 heterocycles. The second kappa shape index (κ2) is 9.50. The SMILES string of the molecule is COc1ccc(CCC(=O)NCc2cc(-c3ccc(OC)cc3)ncn2)cc1. The Balaban J connectivity index is 1.52. The zero-order valence-electron chi connectivity index (χ0n) is 16.0. The second-order valence-electron chi connectivity index (χ2n) is 6.25. The predicted molar refractivity (Wildman–Crippen MR) is 107 cm³/mol. The van der Waals surface area contributed by atoms with Crippen LogP contribution < -0.4 is 14.8 Å². The summed E-state index contributed by atoms with van der Waals surface area (Å²) in [7, 11) is 3.27. The Morgan fingerprint density at radius 3 is 2.21 bits per heavy atom. The number of amides is 1. The van der Waals surface area contributed by atoms with Gasteiger partial charge in [0.1, 0.15) is 17.8 Å². The number of ether oxygens (including phenoxy) is 2. The Morgan fingerprint density at radius 1 is 0.929 bits per heavy atom. The van der Waals surface area contributed by atoms with Gasteiger partial charge in [0.25, 0.3) is 0 Å². The summed E-state index contributed by atoms with van der Waals surface area (Å²) in [6.07, 6.45) is 2.61. The van der Waals surface area contributed by atoms with Crippen LogP contribution in [0.3, 0.4) is 0 Å². The minimum atomic E-state index is -0.0135. The molecule has 0 spiro atoms. The Hall–Kier alpha value is -3.41. The van der Waals surface area contributed by atoms with Gasteiger partial charge in [0.15, 0.2) is 0 Å². The fraction of sp³-hybridized carbons (Fsp3) is 0.227. The number of aromatic nitrogens is 2. The van der Waals surface area contributed by atoms with Crippen molar-refractivity contribution in [3.8, 4) is 22.8 Å². The van der Waals surface area contributed by atoms with Gasteiger partial charge in [-0.15, -0.1) is 0 Å². The van der Waals surface area contributed by atoms with Crippen molar-refractivity contribution in [1.82, 2.24) is 15.3 Å². The molecule has 0 bridgehead atoms. The maximum atomic E-state index is 12.1. The third kappa shape index (κ3) is 5.30. The van der Waals surface area contributed by atoms with E-state index in [9.17, 15) is 4.79 Å². The third-order valence-electron chi connectivity index (χ3n) is 4.38. The summed E-state index contributed by atoms with van der Waals surface area (Å²) in [6.45, 7) is 0.368. The van der Waals surface area contributed by atoms with Crippen LogP contribution in [0.5, 0.6) is 11.5 Å². The number of aryl methyl sites for hydroxylation is 1. The first kappa shape index (κ1) is 19.4. The van der Waals surface area contributed by atoms with Crippen molar-refractivity contribution in [3.05, 3.63) is 72.2 Å². The summed E-state index contributed by atoms with van der Waals surface area (Å²) in [5.74, 6) is 1.59. The van der Waals surface area contributed by atoms with Gasteiger partial charge in [-0.05, 0) is 54.4 Å². The molecule has 0 saturated carbocycles. The van der Waals surface area contributed by atoms with Crippen LogP contribution in [0, 0.1) is 0 Å². The molecule has 0 aliphatic carbocycles. The summed E-state index contributed by atoms with van der Waals surface area (Å²) in [5, 5.41) is 2.91. The van der Waals surface area contributed by atoms with Crippen LogP contribution in [0.25, 0.3) is 11.3 Å². The molecular weight excluding hydrogens is 354 g/mol. The Bertz CT molecular complexity index is 909. The van der Waals surface area contributed by atoms with E-state index in [1.54, 1.807) is 14.2 Å². The molecule has 1 aromatic heterocycles. The standard InChI is InChI=1S/C22H23N3O3/c1-27-19-8-3-16(4-9-19)5-12-22(26)23-14-18-13-21(25-15-24-18)17-6-10-20(28-2)11-7-17/h3-4,6-11,13,15H,5,12,14H2,1-2H3,(H,23,26). The lowest BCUT2D eigenvalue weighted by Gasteiger charge is -2.07. The number of rotatable bonds is 8. The van der Waals surface area contributed by atoms with Gasteiger partial charge in [0, 0.05) is 12.0 Å². The topological polar surface area (TPSA) is 73.3 Å². The van der Waals surface area contributed by atoms with E-state index in [-0.39, 0.29) is 5.91 Å². The van der Waals surface area contributed by atoms with E-state index in [2.05, 4.69) is 15.3 Å². The first-order chi connectivity index (χ1) is 13.7. The van der Waals surface area contributed by atoms with Crippen LogP contribution in [0.15, 0.2) is 60.9 Å². The van der Waals surface area contributed by atoms with E-state index in [0.717, 1.165) is 34.0 Å². The maximum Gasteiger partial charge on any atom is 0.220 e. The Kier molecular flexibility index (Phi) is 6.57. The maximum absolute atomic E-state index is 12.1. The van der Waals surface area contributed by atoms with Crippen LogP contribution in [-0.4, -0.2) is 30.1 Å². The first-order valence-corrected chi connectivity index (χ1v) is 9.03. The highest BCUT2D eigenvalue weighted by atomic mass is 16.5. The average Bonchev–Trinajstić information content (AvgIpc) is 2.77. The smallest absolute Gasteiger partial charge is 0.220 e. The highest BCUT2D eigenvalue weighted by Crippen LogP contribution is 2.20. The van der Waals surface area contributed by atoms with Gasteiger partial charge in [-0.1, -0.05) is 12.1 Å². The number of nitrogens with zero attached hydrogens (tertiary/aromatic N) is 2. The van der Waals surface area contributed by atoms with E-state index >= 15 is 0 Å². The molecule has 1 N–H and O–H groups in total. The minimum Gasteiger partial charge on any atom is -0.497 e. The quantitative estimate of drug-likeness (QED) is 0.651. The molecule has 6 nitrogen and oxygen atoms in total. The summed E-state index contributed by atoms with van der Waals surface area (Å²) in [4.78, 5) is 20.7. The zero-order chi connectivity index (χ0) is 19.8. The summed E-state index contributed by atoms with van der Waals surface area (Å²) >= 11 is 0. The summed E-state index contributed by atoms with van der Waals surface area (Å²) in [6, 6.07) is 17.3. The third-order valence-corrected chi connectivity index (χ3v) is 4.38. The molecule has 0 radical (unpaired) electrons. The molecule has 28 heavy (non-hydrogen) atoms. The van der Waals surface area contributed by atoms with Gasteiger partial charge in [0.2, 0.25) is 5.91 Å². The highest BCUT2D eigenvalue weighted by molar-refractivity contribution is 5.76. The van der Waals surface area contributed by atoms with Crippen molar-refractivity contribution < 1.29 is 14.3 Å². The van der Waals surface area contributed by atoms with Crippen molar-refractivity contribution in [2.24, 2.45) is 0 Å². The van der Waals surface area contributed by atoms with Crippen molar-refractivity contribution >= 4 is 5.91 Å². The molecule has 3 rings (SSSR count). The molecule has 0 fully saturated rings. The number of carbonyl (C=O) groups excluding carboxylic acids is 1. The van der Waals surface area contributed by atoms with Crippen LogP contribution >= 0.6 is 0 Å². The first-order valence-electron chi connectivity index (χ1n) is 9.03. The average molecular weight is 377 g/mol. The minimum absolute atomic E-state index is 0.0135. The van der Waals surface area contributed by atoms with Gasteiger partial charge >= 0.3 is 0 Å². The van der Waals surface area contributed by atoms with Crippen LogP contribution in [0.2, 0.25) is 0 Å². The van der Waals surface area contributed by atoms with Crippen LogP contribution in [0.1, 0.15) is 17.7 Å². The molecule has 0 unspecified atom stereocenters. The van der Waals surface area contributed by atoms with E-state index in [0.29, 0.717) is 19.4 Å². The van der Waals surface area contributed by atoms with Crippen molar-refractivity contribution in [2.45, 2.75) is 19.4 Å². The van der Waals surface area contributed by atoms with E-state index in [1.807, 2.05) is 54.6 Å². The lowest BCUT2D eigenvalue weighted by atomic mass is 10.1. The molecule has 144 valence electrons. The Labute approximate surface area is 164 Å². The normalized spacial score (nSPS) is 10.4. The number of hydrogen-bond donors (Lipinski definition) is 1. The zero-order valence-corrected chi connectivity index (χ0v) is 16.0. The van der Waals surface area contributed by atoms with Gasteiger partial charge in [0.05, 0.1) is 32.2 Å². The molecule has 0 aliphatic heterocycles. The highest BCUT2D eigenvalue weighted by Gasteiger charge is 2.06. The number of carbonyl (C=O) groups is 1. The lowest BCUT2D eigenvalue weighted by molar-refractivity contribution is -0.121. The Morgan fingerprint density at radius 2 is 1.57 bits per heavy atom. The number of benzene rings is 2. The lowest BCUT2D eigenvalue weighted by Crippen LogP contribution is -2.23. The largest absolute Gasteiger partial charge is 0.497 e. The van der Waals surface area contributed by atoms with Gasteiger partial charge in [-0.3, -0.25) is 4.79 Å². The van der Waals surface area contributed by atoms with Crippen LogP contribution in [-0.2, 0) is 17.8 Å². The molecule has 0 aliphatic rings. The van der Waals surface area contributed by atoms with E-state index in [1.165, 1.54) is 6.33 Å². The molecule has 1 amide bonds. The number of hydrogen-bond acceptors (Lipinski definition) is 5. The van der Waals surface area contributed by atoms with Crippen LogP contribution in [0.4, 0.5) is 0 Å². The molecular formula is C22H23N3O3. The fourth-order valence-electron chi connectivity index (χ4n) is 2.74. The van der Waals surface area contributed by atoms with Gasteiger partial charge < -0.3 is 14.8 Å². The molecule has 3 aromatic rings. The van der Waals surface area contributed by atoms with Crippen molar-refractivity contribution in [3.63, 3.8) is 0 Å². The molecule has 0 saturated heterocycles. The number of methoxy groups -OCH3 is 2. The second-order valence-corrected chi connectivity index (χ2v) is 6.25. The van der Waals surface area contributed by atoms with Gasteiger partial charge in [-0.2, -0.15) is 0 Å². The number of nitrogens with one attached hydrogen (secondary N) is 1. The fourth-order valence-corrected chi connectivity index (χ4v) is 2.74. The van der Waals surface area contributed by atoms with Crippen molar-refractivity contribution in [2.75, 3.05) is 14.2 Å². The molecule has 6 heteroatoms. The molecule has 0 atom stereocenters. The monoisotopic (exact) mass is 377 g/mol. The predicted octanol–water partition coefficient (Wildman–Crippen LogP) is 3.41. The van der Waals surface area contributed by atoms with E-state index in [4.69, 9.17) is 9.47 Å².